The first-order chi connectivity index (χ1) is 11.5. The van der Waals surface area contributed by atoms with Crippen molar-refractivity contribution in [2.24, 2.45) is 0 Å². The normalized spacial score (nSPS) is 11.3. The van der Waals surface area contributed by atoms with Crippen LogP contribution in [0.25, 0.3) is 0 Å². The van der Waals surface area contributed by atoms with E-state index in [1.54, 1.807) is 19.9 Å². The highest BCUT2D eigenvalue weighted by atomic mass is 16.5. The lowest BCUT2D eigenvalue weighted by Crippen LogP contribution is -2.42. The molecule has 1 aromatic rings. The third-order valence-electron chi connectivity index (χ3n) is 3.03. The molecule has 0 aliphatic carbocycles. The van der Waals surface area contributed by atoms with Crippen molar-refractivity contribution in [3.63, 3.8) is 0 Å². The number of carbonyl (C=O) groups is 3. The van der Waals surface area contributed by atoms with E-state index >= 15 is 0 Å². The van der Waals surface area contributed by atoms with E-state index in [0.29, 0.717) is 0 Å². The maximum Gasteiger partial charge on any atom is 0.328 e. The van der Waals surface area contributed by atoms with E-state index < -0.39 is 23.9 Å². The number of methoxy groups -OCH3 is 1. The Morgan fingerprint density at radius 1 is 1.21 bits per heavy atom. The maximum absolute atomic E-state index is 12.4. The van der Waals surface area contributed by atoms with Crippen LogP contribution in [0.4, 0.5) is 0 Å². The van der Waals surface area contributed by atoms with E-state index in [1.165, 1.54) is 19.4 Å². The predicted octanol–water partition coefficient (Wildman–Crippen LogP) is 1.09. The zero-order chi connectivity index (χ0) is 17.9. The summed E-state index contributed by atoms with van der Waals surface area (Å²) in [7, 11) is 1.39. The van der Waals surface area contributed by atoms with Gasteiger partial charge in [0, 0.05) is 12.6 Å². The van der Waals surface area contributed by atoms with Crippen LogP contribution >= 0.6 is 0 Å². The van der Waals surface area contributed by atoms with Gasteiger partial charge >= 0.3 is 11.9 Å². The fourth-order valence-corrected chi connectivity index (χ4v) is 1.95. The second-order valence-corrected chi connectivity index (χ2v) is 4.68. The van der Waals surface area contributed by atoms with Gasteiger partial charge in [-0.2, -0.15) is 0 Å². The molecule has 1 N–H and O–H groups in total. The minimum Gasteiger partial charge on any atom is -0.480 e. The van der Waals surface area contributed by atoms with Crippen molar-refractivity contribution < 1.29 is 28.6 Å². The molecule has 1 aromatic heterocycles. The van der Waals surface area contributed by atoms with Gasteiger partial charge in [0.2, 0.25) is 5.88 Å². The van der Waals surface area contributed by atoms with Crippen LogP contribution in [0.15, 0.2) is 18.3 Å². The Hall–Kier alpha value is -2.64. The van der Waals surface area contributed by atoms with Crippen LogP contribution in [-0.2, 0) is 19.1 Å². The largest absolute Gasteiger partial charge is 0.480 e. The lowest BCUT2D eigenvalue weighted by molar-refractivity contribution is -0.146. The Morgan fingerprint density at radius 2 is 1.92 bits per heavy atom. The minimum atomic E-state index is -0.966. The second kappa shape index (κ2) is 10.2. The van der Waals surface area contributed by atoms with E-state index in [-0.39, 0.29) is 37.5 Å². The first kappa shape index (κ1) is 19.4. The Labute approximate surface area is 140 Å². The van der Waals surface area contributed by atoms with Gasteiger partial charge < -0.3 is 19.5 Å². The topological polar surface area (TPSA) is 104 Å². The van der Waals surface area contributed by atoms with Crippen molar-refractivity contribution in [3.8, 4) is 5.88 Å². The lowest BCUT2D eigenvalue weighted by atomic mass is 10.1. The molecule has 132 valence electrons. The summed E-state index contributed by atoms with van der Waals surface area (Å²) in [4.78, 5) is 39.8. The number of nitrogens with one attached hydrogen (secondary N) is 1. The number of carbonyl (C=O) groups excluding carboxylic acids is 3. The molecule has 8 heteroatoms. The highest BCUT2D eigenvalue weighted by molar-refractivity contribution is 5.98. The molecule has 0 saturated carbocycles. The standard InChI is InChI=1S/C16H22N2O6/c1-4-23-13(19)9-8-12(16(21)24-5-2)18-14(20)11-7-6-10-17-15(11)22-3/h6-7,10,12H,4-5,8-9H2,1-3H3,(H,18,20)/t12-/m1/s1. The zero-order valence-corrected chi connectivity index (χ0v) is 14.0. The third-order valence-corrected chi connectivity index (χ3v) is 3.03. The van der Waals surface area contributed by atoms with Crippen LogP contribution in [0.1, 0.15) is 37.0 Å². The second-order valence-electron chi connectivity index (χ2n) is 4.68. The minimum absolute atomic E-state index is 0.0121. The molecule has 24 heavy (non-hydrogen) atoms. The average molecular weight is 338 g/mol. The Bertz CT molecular complexity index is 575. The Morgan fingerprint density at radius 3 is 2.54 bits per heavy atom. The number of rotatable bonds is 9. The molecule has 0 aliphatic rings. The quantitative estimate of drug-likeness (QED) is 0.672. The average Bonchev–Trinajstić information content (AvgIpc) is 2.58. The van der Waals surface area contributed by atoms with Gasteiger partial charge in [-0.05, 0) is 32.4 Å². The number of nitrogens with zero attached hydrogens (tertiary/aromatic N) is 1. The molecule has 0 radical (unpaired) electrons. The summed E-state index contributed by atoms with van der Waals surface area (Å²) in [5.41, 5.74) is 0.186. The molecule has 8 nitrogen and oxygen atoms in total. The van der Waals surface area contributed by atoms with Crippen molar-refractivity contribution in [2.45, 2.75) is 32.7 Å². The molecule has 0 aromatic carbocycles. The van der Waals surface area contributed by atoms with E-state index in [9.17, 15) is 14.4 Å². The monoisotopic (exact) mass is 338 g/mol. The van der Waals surface area contributed by atoms with Crippen LogP contribution in [0.5, 0.6) is 5.88 Å². The fourth-order valence-electron chi connectivity index (χ4n) is 1.95. The van der Waals surface area contributed by atoms with Crippen LogP contribution in [0.2, 0.25) is 0 Å². The number of pyridine rings is 1. The maximum atomic E-state index is 12.4. The summed E-state index contributed by atoms with van der Waals surface area (Å²) in [6.07, 6.45) is 1.55. The van der Waals surface area contributed by atoms with Crippen LogP contribution in [0.3, 0.4) is 0 Å². The van der Waals surface area contributed by atoms with Crippen LogP contribution < -0.4 is 10.1 Å². The smallest absolute Gasteiger partial charge is 0.328 e. The van der Waals surface area contributed by atoms with Gasteiger partial charge in [0.15, 0.2) is 0 Å². The van der Waals surface area contributed by atoms with Gasteiger partial charge in [-0.1, -0.05) is 0 Å². The number of hydrogen-bond donors (Lipinski definition) is 1. The number of amides is 1. The molecule has 0 fully saturated rings. The van der Waals surface area contributed by atoms with Crippen molar-refractivity contribution in [3.05, 3.63) is 23.9 Å². The molecule has 0 unspecified atom stereocenters. The molecule has 0 spiro atoms. The first-order valence-electron chi connectivity index (χ1n) is 7.65. The number of esters is 2. The third kappa shape index (κ3) is 5.86. The van der Waals surface area contributed by atoms with Gasteiger partial charge in [0.05, 0.1) is 20.3 Å². The highest BCUT2D eigenvalue weighted by Crippen LogP contribution is 2.14. The lowest BCUT2D eigenvalue weighted by Gasteiger charge is -2.17. The van der Waals surface area contributed by atoms with Crippen molar-refractivity contribution in [1.29, 1.82) is 0 Å². The van der Waals surface area contributed by atoms with Crippen molar-refractivity contribution >= 4 is 17.8 Å². The van der Waals surface area contributed by atoms with Gasteiger partial charge in [-0.3, -0.25) is 9.59 Å². The number of aromatic nitrogens is 1. The zero-order valence-electron chi connectivity index (χ0n) is 14.0. The SMILES string of the molecule is CCOC(=O)CC[C@@H](NC(=O)c1cccnc1OC)C(=O)OCC. The summed E-state index contributed by atoms with van der Waals surface area (Å²) in [5.74, 6) is -1.46. The summed E-state index contributed by atoms with van der Waals surface area (Å²) in [5, 5.41) is 2.55. The molecular formula is C16H22N2O6. The van der Waals surface area contributed by atoms with E-state index in [4.69, 9.17) is 14.2 Å². The van der Waals surface area contributed by atoms with E-state index in [0.717, 1.165) is 0 Å². The van der Waals surface area contributed by atoms with Crippen LogP contribution in [-0.4, -0.2) is 49.2 Å². The molecule has 0 aliphatic heterocycles. The van der Waals surface area contributed by atoms with Gasteiger partial charge in [-0.15, -0.1) is 0 Å². The first-order valence-corrected chi connectivity index (χ1v) is 7.65. The molecule has 1 heterocycles. The number of ether oxygens (including phenoxy) is 3. The highest BCUT2D eigenvalue weighted by Gasteiger charge is 2.25. The Kier molecular flexibility index (Phi) is 8.24. The molecule has 0 saturated heterocycles. The molecule has 0 bridgehead atoms. The van der Waals surface area contributed by atoms with Gasteiger partial charge in [0.25, 0.3) is 5.91 Å². The molecular weight excluding hydrogens is 316 g/mol. The van der Waals surface area contributed by atoms with Crippen molar-refractivity contribution in [2.75, 3.05) is 20.3 Å². The molecule has 1 amide bonds. The van der Waals surface area contributed by atoms with E-state index in [1.807, 2.05) is 0 Å². The molecule has 1 rings (SSSR count). The van der Waals surface area contributed by atoms with Crippen molar-refractivity contribution in [1.82, 2.24) is 10.3 Å². The number of hydrogen-bond acceptors (Lipinski definition) is 7. The molecule has 1 atom stereocenters. The summed E-state index contributed by atoms with van der Waals surface area (Å²) in [6.45, 7) is 3.77. The Balaban J connectivity index is 2.81. The van der Waals surface area contributed by atoms with Crippen LogP contribution in [0, 0.1) is 0 Å². The summed E-state index contributed by atoms with van der Waals surface area (Å²) < 4.78 is 14.8. The fraction of sp³-hybridized carbons (Fsp3) is 0.500. The van der Waals surface area contributed by atoms with E-state index in [2.05, 4.69) is 10.3 Å². The van der Waals surface area contributed by atoms with Gasteiger partial charge in [-0.25, -0.2) is 9.78 Å². The summed E-state index contributed by atoms with van der Waals surface area (Å²) >= 11 is 0. The summed E-state index contributed by atoms with van der Waals surface area (Å²) in [6, 6.07) is 2.14. The van der Waals surface area contributed by atoms with Gasteiger partial charge in [0.1, 0.15) is 11.6 Å². The predicted molar refractivity (Wildman–Crippen MR) is 84.5 cm³/mol.